The molecule has 0 fully saturated rings. The molecule has 0 aliphatic rings. The summed E-state index contributed by atoms with van der Waals surface area (Å²) in [5, 5.41) is 0.669. The maximum Gasteiger partial charge on any atom is 0.417 e. The van der Waals surface area contributed by atoms with Crippen molar-refractivity contribution < 1.29 is 13.2 Å². The van der Waals surface area contributed by atoms with Crippen molar-refractivity contribution in [2.45, 2.75) is 33.4 Å². The standard InChI is InChI=1S/C10H7F3S.C3H8/c1-6-5-7-3-2-4-8(9(7)14-6)10(11,12)13;1-3-2/h2-5H,1H3;3H2,1-2H3. The van der Waals surface area contributed by atoms with Gasteiger partial charge in [0, 0.05) is 9.58 Å². The number of thiophene rings is 1. The molecule has 4 heteroatoms. The van der Waals surface area contributed by atoms with Crippen LogP contribution in [0.25, 0.3) is 10.1 Å². The molecule has 0 spiro atoms. The van der Waals surface area contributed by atoms with Gasteiger partial charge < -0.3 is 0 Å². The summed E-state index contributed by atoms with van der Waals surface area (Å²) >= 11 is 1.19. The van der Waals surface area contributed by atoms with Gasteiger partial charge in [-0.2, -0.15) is 13.2 Å². The Bertz CT molecular complexity index is 483. The van der Waals surface area contributed by atoms with Crippen LogP contribution < -0.4 is 0 Å². The Labute approximate surface area is 103 Å². The number of benzene rings is 1. The van der Waals surface area contributed by atoms with E-state index in [1.54, 1.807) is 12.1 Å². The van der Waals surface area contributed by atoms with Crippen molar-refractivity contribution >= 4 is 21.4 Å². The van der Waals surface area contributed by atoms with E-state index in [-0.39, 0.29) is 0 Å². The van der Waals surface area contributed by atoms with Crippen LogP contribution in [0.4, 0.5) is 13.2 Å². The van der Waals surface area contributed by atoms with Crippen LogP contribution in [-0.4, -0.2) is 0 Å². The molecule has 2 aromatic rings. The Balaban J connectivity index is 0.000000437. The molecule has 94 valence electrons. The fourth-order valence-corrected chi connectivity index (χ4v) is 2.46. The van der Waals surface area contributed by atoms with Crippen LogP contribution in [0.5, 0.6) is 0 Å². The average Bonchev–Trinajstić information content (AvgIpc) is 2.56. The van der Waals surface area contributed by atoms with Gasteiger partial charge in [-0.3, -0.25) is 0 Å². The minimum absolute atomic E-state index is 0.331. The zero-order valence-corrected chi connectivity index (χ0v) is 10.9. The van der Waals surface area contributed by atoms with Crippen LogP contribution in [0, 0.1) is 6.92 Å². The highest BCUT2D eigenvalue weighted by Crippen LogP contribution is 2.38. The summed E-state index contributed by atoms with van der Waals surface area (Å²) in [4.78, 5) is 0.900. The number of rotatable bonds is 0. The third-order valence-electron chi connectivity index (χ3n) is 1.97. The van der Waals surface area contributed by atoms with E-state index in [1.807, 2.05) is 6.92 Å². The first-order chi connectivity index (χ1) is 7.90. The molecule has 2 rings (SSSR count). The molecule has 0 saturated heterocycles. The molecular weight excluding hydrogens is 245 g/mol. The Hall–Kier alpha value is -1.03. The Morgan fingerprint density at radius 2 is 1.76 bits per heavy atom. The van der Waals surface area contributed by atoms with Crippen molar-refractivity contribution in [3.63, 3.8) is 0 Å². The van der Waals surface area contributed by atoms with Gasteiger partial charge in [-0.05, 0) is 24.4 Å². The van der Waals surface area contributed by atoms with Crippen LogP contribution in [0.3, 0.4) is 0 Å². The lowest BCUT2D eigenvalue weighted by molar-refractivity contribution is -0.136. The molecular formula is C13H15F3S. The molecule has 0 unspecified atom stereocenters. The third kappa shape index (κ3) is 3.46. The summed E-state index contributed by atoms with van der Waals surface area (Å²) in [6, 6.07) is 6.04. The average molecular weight is 260 g/mol. The van der Waals surface area contributed by atoms with E-state index < -0.39 is 11.7 Å². The van der Waals surface area contributed by atoms with Crippen molar-refractivity contribution in [3.05, 3.63) is 34.7 Å². The van der Waals surface area contributed by atoms with Crippen LogP contribution in [0.15, 0.2) is 24.3 Å². The first-order valence-electron chi connectivity index (χ1n) is 5.46. The molecule has 0 radical (unpaired) electrons. The maximum absolute atomic E-state index is 12.5. The molecule has 1 aromatic carbocycles. The normalized spacial score (nSPS) is 11.2. The summed E-state index contributed by atoms with van der Waals surface area (Å²) in [5.41, 5.74) is -0.534. The lowest BCUT2D eigenvalue weighted by Gasteiger charge is -2.06. The minimum Gasteiger partial charge on any atom is -0.166 e. The number of hydrogen-bond acceptors (Lipinski definition) is 1. The predicted octanol–water partition coefficient (Wildman–Crippen LogP) is 5.64. The first kappa shape index (κ1) is 14.0. The van der Waals surface area contributed by atoms with Crippen LogP contribution in [0.2, 0.25) is 0 Å². The monoisotopic (exact) mass is 260 g/mol. The smallest absolute Gasteiger partial charge is 0.166 e. The van der Waals surface area contributed by atoms with E-state index in [1.165, 1.54) is 23.8 Å². The van der Waals surface area contributed by atoms with Gasteiger partial charge in [0.15, 0.2) is 0 Å². The fourth-order valence-electron chi connectivity index (χ4n) is 1.42. The van der Waals surface area contributed by atoms with Crippen LogP contribution >= 0.6 is 11.3 Å². The summed E-state index contributed by atoms with van der Waals surface area (Å²) in [7, 11) is 0. The van der Waals surface area contributed by atoms with Crippen LogP contribution in [0.1, 0.15) is 30.7 Å². The molecule has 0 aliphatic carbocycles. The highest BCUT2D eigenvalue weighted by molar-refractivity contribution is 7.19. The minimum atomic E-state index is -4.25. The van der Waals surface area contributed by atoms with E-state index in [2.05, 4.69) is 13.8 Å². The Morgan fingerprint density at radius 3 is 2.29 bits per heavy atom. The number of aryl methyl sites for hydroxylation is 1. The topological polar surface area (TPSA) is 0 Å². The van der Waals surface area contributed by atoms with Gasteiger partial charge in [-0.15, -0.1) is 11.3 Å². The molecule has 0 aliphatic heterocycles. The van der Waals surface area contributed by atoms with E-state index in [9.17, 15) is 13.2 Å². The number of alkyl halides is 3. The quantitative estimate of drug-likeness (QED) is 0.574. The Morgan fingerprint density at radius 1 is 1.18 bits per heavy atom. The van der Waals surface area contributed by atoms with E-state index in [0.717, 1.165) is 10.9 Å². The van der Waals surface area contributed by atoms with Gasteiger partial charge in [0.2, 0.25) is 0 Å². The highest BCUT2D eigenvalue weighted by Gasteiger charge is 2.32. The number of fused-ring (bicyclic) bond motifs is 1. The largest absolute Gasteiger partial charge is 0.417 e. The third-order valence-corrected chi connectivity index (χ3v) is 3.07. The first-order valence-corrected chi connectivity index (χ1v) is 6.28. The second kappa shape index (κ2) is 5.54. The van der Waals surface area contributed by atoms with Crippen molar-refractivity contribution in [2.75, 3.05) is 0 Å². The van der Waals surface area contributed by atoms with Gasteiger partial charge in [0.05, 0.1) is 5.56 Å². The fraction of sp³-hybridized carbons (Fsp3) is 0.385. The SMILES string of the molecule is CCC.Cc1cc2cccc(C(F)(F)F)c2s1. The second-order valence-corrected chi connectivity index (χ2v) is 5.04. The predicted molar refractivity (Wildman–Crippen MR) is 67.5 cm³/mol. The van der Waals surface area contributed by atoms with Crippen molar-refractivity contribution in [2.24, 2.45) is 0 Å². The van der Waals surface area contributed by atoms with Crippen molar-refractivity contribution in [3.8, 4) is 0 Å². The van der Waals surface area contributed by atoms with E-state index in [4.69, 9.17) is 0 Å². The molecule has 1 aromatic heterocycles. The van der Waals surface area contributed by atoms with E-state index in [0.29, 0.717) is 10.1 Å². The lowest BCUT2D eigenvalue weighted by Crippen LogP contribution is -2.04. The van der Waals surface area contributed by atoms with Gasteiger partial charge in [-0.25, -0.2) is 0 Å². The molecule has 0 nitrogen and oxygen atoms in total. The zero-order chi connectivity index (χ0) is 13.1. The van der Waals surface area contributed by atoms with Gasteiger partial charge in [0.25, 0.3) is 0 Å². The summed E-state index contributed by atoms with van der Waals surface area (Å²) in [6.45, 7) is 6.06. The van der Waals surface area contributed by atoms with Crippen LogP contribution in [-0.2, 0) is 6.18 Å². The van der Waals surface area contributed by atoms with Gasteiger partial charge >= 0.3 is 6.18 Å². The zero-order valence-electron chi connectivity index (χ0n) is 10.1. The second-order valence-electron chi connectivity index (χ2n) is 3.79. The van der Waals surface area contributed by atoms with Crippen molar-refractivity contribution in [1.82, 2.24) is 0 Å². The van der Waals surface area contributed by atoms with Crippen molar-refractivity contribution in [1.29, 1.82) is 0 Å². The number of hydrogen-bond donors (Lipinski definition) is 0. The highest BCUT2D eigenvalue weighted by atomic mass is 32.1. The molecule has 0 amide bonds. The molecule has 0 bridgehead atoms. The van der Waals surface area contributed by atoms with E-state index >= 15 is 0 Å². The molecule has 0 saturated carbocycles. The molecule has 0 N–H and O–H groups in total. The summed E-state index contributed by atoms with van der Waals surface area (Å²) < 4.78 is 37.9. The van der Waals surface area contributed by atoms with Gasteiger partial charge in [0.1, 0.15) is 0 Å². The summed E-state index contributed by atoms with van der Waals surface area (Å²) in [6.07, 6.45) is -3.00. The van der Waals surface area contributed by atoms with Gasteiger partial charge in [-0.1, -0.05) is 32.4 Å². The molecule has 17 heavy (non-hydrogen) atoms. The Kier molecular flexibility index (Phi) is 4.57. The number of halogens is 3. The lowest BCUT2D eigenvalue weighted by atomic mass is 10.1. The summed E-state index contributed by atoms with van der Waals surface area (Å²) in [5.74, 6) is 0. The molecule has 1 heterocycles. The maximum atomic E-state index is 12.5. The molecule has 0 atom stereocenters.